The van der Waals surface area contributed by atoms with Crippen molar-refractivity contribution in [2.75, 3.05) is 13.7 Å². The summed E-state index contributed by atoms with van der Waals surface area (Å²) in [5.41, 5.74) is 1.98. The van der Waals surface area contributed by atoms with Crippen LogP contribution in [0.2, 0.25) is 0 Å². The second kappa shape index (κ2) is 7.61. The van der Waals surface area contributed by atoms with Crippen LogP contribution in [0.1, 0.15) is 16.1 Å². The molecule has 1 aromatic heterocycles. The number of methoxy groups -OCH3 is 1. The standard InChI is InChI=1S/C19H17FN2O3/c1-24-17-8-4-13(5-9-17)18(23)21-11-10-16-12-25-19(22-16)14-2-6-15(20)7-3-14/h2-9,12H,10-11H2,1H3,(H,21,23). The molecule has 128 valence electrons. The average Bonchev–Trinajstić information content (AvgIpc) is 3.11. The fourth-order valence-corrected chi connectivity index (χ4v) is 2.30. The van der Waals surface area contributed by atoms with Gasteiger partial charge in [0.1, 0.15) is 17.8 Å². The highest BCUT2D eigenvalue weighted by molar-refractivity contribution is 5.94. The van der Waals surface area contributed by atoms with Gasteiger partial charge in [-0.3, -0.25) is 4.79 Å². The number of hydrogen-bond donors (Lipinski definition) is 1. The zero-order chi connectivity index (χ0) is 17.6. The zero-order valence-corrected chi connectivity index (χ0v) is 13.7. The normalized spacial score (nSPS) is 10.5. The van der Waals surface area contributed by atoms with Crippen molar-refractivity contribution in [1.82, 2.24) is 10.3 Å². The molecule has 2 aromatic carbocycles. The van der Waals surface area contributed by atoms with Crippen molar-refractivity contribution < 1.29 is 18.3 Å². The zero-order valence-electron chi connectivity index (χ0n) is 13.7. The molecule has 25 heavy (non-hydrogen) atoms. The molecular weight excluding hydrogens is 323 g/mol. The summed E-state index contributed by atoms with van der Waals surface area (Å²) in [7, 11) is 1.58. The van der Waals surface area contributed by atoms with Crippen molar-refractivity contribution in [1.29, 1.82) is 0 Å². The third-order valence-electron chi connectivity index (χ3n) is 3.66. The number of aromatic nitrogens is 1. The smallest absolute Gasteiger partial charge is 0.251 e. The Morgan fingerprint density at radius 1 is 1.16 bits per heavy atom. The first-order valence-corrected chi connectivity index (χ1v) is 7.78. The first-order valence-electron chi connectivity index (χ1n) is 7.78. The van der Waals surface area contributed by atoms with Crippen molar-refractivity contribution in [2.45, 2.75) is 6.42 Å². The highest BCUT2D eigenvalue weighted by Crippen LogP contribution is 2.19. The number of ether oxygens (including phenoxy) is 1. The number of carbonyl (C=O) groups is 1. The van der Waals surface area contributed by atoms with E-state index in [1.165, 1.54) is 18.4 Å². The Balaban J connectivity index is 1.53. The molecule has 3 rings (SSSR count). The van der Waals surface area contributed by atoms with Crippen LogP contribution in [0.15, 0.2) is 59.2 Å². The van der Waals surface area contributed by atoms with Gasteiger partial charge in [0.2, 0.25) is 5.89 Å². The predicted octanol–water partition coefficient (Wildman–Crippen LogP) is 3.46. The molecule has 0 aliphatic heterocycles. The van der Waals surface area contributed by atoms with E-state index in [0.717, 1.165) is 0 Å². The third-order valence-corrected chi connectivity index (χ3v) is 3.66. The van der Waals surface area contributed by atoms with Crippen molar-refractivity contribution in [3.63, 3.8) is 0 Å². The summed E-state index contributed by atoms with van der Waals surface area (Å²) < 4.78 is 23.4. The Hall–Kier alpha value is -3.15. The number of benzene rings is 2. The van der Waals surface area contributed by atoms with Crippen molar-refractivity contribution >= 4 is 5.91 Å². The lowest BCUT2D eigenvalue weighted by Crippen LogP contribution is -2.25. The first-order chi connectivity index (χ1) is 12.2. The molecule has 0 bridgehead atoms. The predicted molar refractivity (Wildman–Crippen MR) is 90.9 cm³/mol. The Labute approximate surface area is 144 Å². The van der Waals surface area contributed by atoms with Crippen LogP contribution in [0.3, 0.4) is 0 Å². The lowest BCUT2D eigenvalue weighted by Gasteiger charge is -2.05. The molecule has 0 radical (unpaired) electrons. The number of amides is 1. The maximum atomic E-state index is 12.9. The summed E-state index contributed by atoms with van der Waals surface area (Å²) in [6, 6.07) is 12.8. The molecule has 0 saturated carbocycles. The largest absolute Gasteiger partial charge is 0.497 e. The number of nitrogens with zero attached hydrogens (tertiary/aromatic N) is 1. The number of halogens is 1. The SMILES string of the molecule is COc1ccc(C(=O)NCCc2coc(-c3ccc(F)cc3)n2)cc1. The summed E-state index contributed by atoms with van der Waals surface area (Å²) in [5, 5.41) is 2.83. The van der Waals surface area contributed by atoms with Gasteiger partial charge in [0.05, 0.1) is 12.8 Å². The van der Waals surface area contributed by atoms with Crippen LogP contribution < -0.4 is 10.1 Å². The number of rotatable bonds is 6. The molecule has 0 aliphatic carbocycles. The highest BCUT2D eigenvalue weighted by atomic mass is 19.1. The topological polar surface area (TPSA) is 64.4 Å². The van der Waals surface area contributed by atoms with Crippen LogP contribution >= 0.6 is 0 Å². The highest BCUT2D eigenvalue weighted by Gasteiger charge is 2.09. The van der Waals surface area contributed by atoms with E-state index in [1.807, 2.05) is 0 Å². The van der Waals surface area contributed by atoms with E-state index < -0.39 is 0 Å². The minimum atomic E-state index is -0.309. The molecule has 0 atom stereocenters. The molecular formula is C19H17FN2O3. The van der Waals surface area contributed by atoms with E-state index in [4.69, 9.17) is 9.15 Å². The fourth-order valence-electron chi connectivity index (χ4n) is 2.30. The summed E-state index contributed by atoms with van der Waals surface area (Å²) >= 11 is 0. The van der Waals surface area contributed by atoms with Crippen LogP contribution in [0, 0.1) is 5.82 Å². The van der Waals surface area contributed by atoms with Crippen LogP contribution in [0.5, 0.6) is 5.75 Å². The molecule has 0 spiro atoms. The van der Waals surface area contributed by atoms with Gasteiger partial charge in [0.15, 0.2) is 0 Å². The van der Waals surface area contributed by atoms with E-state index in [0.29, 0.717) is 41.4 Å². The van der Waals surface area contributed by atoms with Gasteiger partial charge >= 0.3 is 0 Å². The van der Waals surface area contributed by atoms with E-state index in [-0.39, 0.29) is 11.7 Å². The van der Waals surface area contributed by atoms with Crippen LogP contribution in [0.25, 0.3) is 11.5 Å². The number of carbonyl (C=O) groups excluding carboxylic acids is 1. The van der Waals surface area contributed by atoms with Gasteiger partial charge < -0.3 is 14.5 Å². The van der Waals surface area contributed by atoms with Crippen LogP contribution in [0.4, 0.5) is 4.39 Å². The van der Waals surface area contributed by atoms with Gasteiger partial charge in [-0.25, -0.2) is 9.37 Å². The van der Waals surface area contributed by atoms with E-state index >= 15 is 0 Å². The molecule has 0 unspecified atom stereocenters. The number of oxazole rings is 1. The van der Waals surface area contributed by atoms with Gasteiger partial charge in [-0.2, -0.15) is 0 Å². The molecule has 3 aromatic rings. The summed E-state index contributed by atoms with van der Waals surface area (Å²) in [4.78, 5) is 16.4. The molecule has 6 heteroatoms. The Bertz CT molecular complexity index is 842. The van der Waals surface area contributed by atoms with Crippen molar-refractivity contribution in [3.8, 4) is 17.2 Å². The Morgan fingerprint density at radius 3 is 2.56 bits per heavy atom. The monoisotopic (exact) mass is 340 g/mol. The minimum Gasteiger partial charge on any atom is -0.497 e. The Morgan fingerprint density at radius 2 is 1.88 bits per heavy atom. The average molecular weight is 340 g/mol. The summed E-state index contributed by atoms with van der Waals surface area (Å²) in [6.07, 6.45) is 2.07. The Kier molecular flexibility index (Phi) is 5.09. The van der Waals surface area contributed by atoms with E-state index in [9.17, 15) is 9.18 Å². The molecule has 1 amide bonds. The second-order valence-corrected chi connectivity index (χ2v) is 5.39. The minimum absolute atomic E-state index is 0.162. The second-order valence-electron chi connectivity index (χ2n) is 5.39. The first kappa shape index (κ1) is 16.7. The molecule has 0 saturated heterocycles. The van der Waals surface area contributed by atoms with E-state index in [2.05, 4.69) is 10.3 Å². The lowest BCUT2D eigenvalue weighted by atomic mass is 10.2. The van der Waals surface area contributed by atoms with E-state index in [1.54, 1.807) is 43.5 Å². The molecule has 1 N–H and O–H groups in total. The number of hydrogen-bond acceptors (Lipinski definition) is 4. The van der Waals surface area contributed by atoms with Crippen LogP contribution in [-0.2, 0) is 6.42 Å². The van der Waals surface area contributed by atoms with Crippen molar-refractivity contribution in [3.05, 3.63) is 71.9 Å². The maximum Gasteiger partial charge on any atom is 0.251 e. The van der Waals surface area contributed by atoms with Crippen molar-refractivity contribution in [2.24, 2.45) is 0 Å². The van der Waals surface area contributed by atoms with Gasteiger partial charge in [0, 0.05) is 24.1 Å². The molecule has 5 nitrogen and oxygen atoms in total. The summed E-state index contributed by atoms with van der Waals surface area (Å²) in [6.45, 7) is 0.431. The van der Waals surface area contributed by atoms with Gasteiger partial charge in [-0.1, -0.05) is 0 Å². The fraction of sp³-hybridized carbons (Fsp3) is 0.158. The van der Waals surface area contributed by atoms with Gasteiger partial charge in [-0.05, 0) is 48.5 Å². The quantitative estimate of drug-likeness (QED) is 0.746. The molecule has 0 fully saturated rings. The maximum absolute atomic E-state index is 12.9. The molecule has 1 heterocycles. The number of nitrogens with one attached hydrogen (secondary N) is 1. The molecule has 0 aliphatic rings. The van der Waals surface area contributed by atoms with Crippen LogP contribution in [-0.4, -0.2) is 24.5 Å². The van der Waals surface area contributed by atoms with Gasteiger partial charge in [0.25, 0.3) is 5.91 Å². The van der Waals surface area contributed by atoms with Gasteiger partial charge in [-0.15, -0.1) is 0 Å². The third kappa shape index (κ3) is 4.23. The summed E-state index contributed by atoms with van der Waals surface area (Å²) in [5.74, 6) is 0.658. The lowest BCUT2D eigenvalue weighted by molar-refractivity contribution is 0.0954.